The number of carboxylic acids is 1. The zero-order valence-corrected chi connectivity index (χ0v) is 11.8. The highest BCUT2D eigenvalue weighted by Crippen LogP contribution is 2.28. The van der Waals surface area contributed by atoms with Crippen molar-refractivity contribution in [3.05, 3.63) is 28.2 Å². The molecule has 0 unspecified atom stereocenters. The Morgan fingerprint density at radius 3 is 2.47 bits per heavy atom. The van der Waals surface area contributed by atoms with Crippen LogP contribution in [-0.2, 0) is 9.59 Å². The Labute approximate surface area is 120 Å². The molecule has 0 aromatic heterocycles. The van der Waals surface area contributed by atoms with Crippen molar-refractivity contribution in [1.29, 1.82) is 0 Å². The number of benzene rings is 1. The van der Waals surface area contributed by atoms with Gasteiger partial charge < -0.3 is 15.2 Å². The lowest BCUT2D eigenvalue weighted by atomic mass is 10.3. The molecule has 0 heterocycles. The third-order valence-corrected chi connectivity index (χ3v) is 2.83. The molecule has 19 heavy (non-hydrogen) atoms. The lowest BCUT2D eigenvalue weighted by Crippen LogP contribution is -2.44. The van der Waals surface area contributed by atoms with E-state index in [-0.39, 0.29) is 5.02 Å². The molecular formula is C12H13Cl2NO4. The van der Waals surface area contributed by atoms with Crippen LogP contribution >= 0.6 is 23.2 Å². The number of carbonyl (C=O) groups excluding carboxylic acids is 1. The van der Waals surface area contributed by atoms with E-state index < -0.39 is 24.0 Å². The quantitative estimate of drug-likeness (QED) is 0.875. The highest BCUT2D eigenvalue weighted by Gasteiger charge is 2.20. The molecule has 1 aromatic carbocycles. The highest BCUT2D eigenvalue weighted by molar-refractivity contribution is 6.35. The minimum atomic E-state index is -1.12. The van der Waals surface area contributed by atoms with Crippen LogP contribution in [-0.4, -0.2) is 29.1 Å². The second-order valence-electron chi connectivity index (χ2n) is 3.90. The summed E-state index contributed by atoms with van der Waals surface area (Å²) in [4.78, 5) is 22.3. The third-order valence-electron chi connectivity index (χ3n) is 2.30. The van der Waals surface area contributed by atoms with Gasteiger partial charge in [0, 0.05) is 5.02 Å². The van der Waals surface area contributed by atoms with E-state index in [4.69, 9.17) is 33.0 Å². The first-order valence-electron chi connectivity index (χ1n) is 5.46. The van der Waals surface area contributed by atoms with Crippen LogP contribution in [0.3, 0.4) is 0 Å². The molecule has 2 atom stereocenters. The molecule has 0 aliphatic heterocycles. The molecule has 0 bridgehead atoms. The van der Waals surface area contributed by atoms with Crippen molar-refractivity contribution in [3.8, 4) is 5.75 Å². The van der Waals surface area contributed by atoms with Crippen molar-refractivity contribution in [2.45, 2.75) is 26.0 Å². The third kappa shape index (κ3) is 4.61. The van der Waals surface area contributed by atoms with Crippen LogP contribution in [0.1, 0.15) is 13.8 Å². The number of ether oxygens (including phenoxy) is 1. The maximum atomic E-state index is 11.7. The molecule has 0 radical (unpaired) electrons. The lowest BCUT2D eigenvalue weighted by molar-refractivity contribution is -0.142. The Kier molecular flexibility index (Phi) is 5.44. The Bertz CT molecular complexity index is 493. The second-order valence-corrected chi connectivity index (χ2v) is 4.75. The summed E-state index contributed by atoms with van der Waals surface area (Å²) in [6.45, 7) is 2.86. The number of hydrogen-bond donors (Lipinski definition) is 2. The van der Waals surface area contributed by atoms with Gasteiger partial charge in [0.1, 0.15) is 11.8 Å². The van der Waals surface area contributed by atoms with Gasteiger partial charge in [-0.1, -0.05) is 23.2 Å². The monoisotopic (exact) mass is 305 g/mol. The SMILES string of the molecule is C[C@H](Oc1ccc(Cl)cc1Cl)C(=O)N[C@H](C)C(=O)O. The van der Waals surface area contributed by atoms with Crippen molar-refractivity contribution in [3.63, 3.8) is 0 Å². The molecule has 0 aliphatic rings. The molecule has 1 rings (SSSR count). The number of halogens is 2. The molecule has 2 N–H and O–H groups in total. The van der Waals surface area contributed by atoms with E-state index >= 15 is 0 Å². The Balaban J connectivity index is 2.66. The van der Waals surface area contributed by atoms with Crippen molar-refractivity contribution in [2.24, 2.45) is 0 Å². The predicted octanol–water partition coefficient (Wildman–Crippen LogP) is 2.35. The largest absolute Gasteiger partial charge is 0.480 e. The van der Waals surface area contributed by atoms with Crippen molar-refractivity contribution in [2.75, 3.05) is 0 Å². The topological polar surface area (TPSA) is 75.6 Å². The van der Waals surface area contributed by atoms with Crippen LogP contribution in [0.2, 0.25) is 10.0 Å². The number of carboxylic acid groups (broad SMARTS) is 1. The minimum absolute atomic E-state index is 0.276. The maximum absolute atomic E-state index is 11.7. The number of carbonyl (C=O) groups is 2. The van der Waals surface area contributed by atoms with E-state index in [1.165, 1.54) is 26.0 Å². The zero-order chi connectivity index (χ0) is 14.6. The van der Waals surface area contributed by atoms with Crippen LogP contribution in [0.15, 0.2) is 18.2 Å². The lowest BCUT2D eigenvalue weighted by Gasteiger charge is -2.17. The predicted molar refractivity (Wildman–Crippen MR) is 71.8 cm³/mol. The van der Waals surface area contributed by atoms with Gasteiger partial charge in [-0.15, -0.1) is 0 Å². The Morgan fingerprint density at radius 2 is 1.95 bits per heavy atom. The van der Waals surface area contributed by atoms with Crippen molar-refractivity contribution >= 4 is 35.1 Å². The average molecular weight is 306 g/mol. The van der Waals surface area contributed by atoms with Gasteiger partial charge in [-0.3, -0.25) is 9.59 Å². The minimum Gasteiger partial charge on any atom is -0.480 e. The average Bonchev–Trinajstić information content (AvgIpc) is 2.32. The van der Waals surface area contributed by atoms with Crippen LogP contribution in [0, 0.1) is 0 Å². The number of hydrogen-bond acceptors (Lipinski definition) is 3. The van der Waals surface area contributed by atoms with E-state index in [0.29, 0.717) is 10.8 Å². The van der Waals surface area contributed by atoms with Crippen LogP contribution in [0.4, 0.5) is 0 Å². The van der Waals surface area contributed by atoms with Gasteiger partial charge in [0.25, 0.3) is 5.91 Å². The number of nitrogens with one attached hydrogen (secondary N) is 1. The molecule has 0 saturated heterocycles. The van der Waals surface area contributed by atoms with Crippen molar-refractivity contribution in [1.82, 2.24) is 5.32 Å². The zero-order valence-electron chi connectivity index (χ0n) is 10.3. The van der Waals surface area contributed by atoms with E-state index in [1.807, 2.05) is 0 Å². The fourth-order valence-corrected chi connectivity index (χ4v) is 1.66. The van der Waals surface area contributed by atoms with Crippen molar-refractivity contribution < 1.29 is 19.4 Å². The first-order valence-corrected chi connectivity index (χ1v) is 6.21. The van der Waals surface area contributed by atoms with Gasteiger partial charge in [0.2, 0.25) is 0 Å². The standard InChI is InChI=1S/C12H13Cl2NO4/c1-6(12(17)18)15-11(16)7(2)19-10-4-3-8(13)5-9(10)14/h3-7H,1-2H3,(H,15,16)(H,17,18)/t6-,7+/m1/s1. The molecule has 5 nitrogen and oxygen atoms in total. The van der Waals surface area contributed by atoms with Gasteiger partial charge in [0.05, 0.1) is 5.02 Å². The van der Waals surface area contributed by atoms with Crippen LogP contribution in [0.5, 0.6) is 5.75 Å². The van der Waals surface area contributed by atoms with E-state index in [0.717, 1.165) is 0 Å². The highest BCUT2D eigenvalue weighted by atomic mass is 35.5. The fourth-order valence-electron chi connectivity index (χ4n) is 1.21. The van der Waals surface area contributed by atoms with Crippen LogP contribution < -0.4 is 10.1 Å². The molecule has 104 valence electrons. The molecule has 0 fully saturated rings. The summed E-state index contributed by atoms with van der Waals surface area (Å²) in [5.74, 6) is -1.36. The first-order chi connectivity index (χ1) is 8.81. The molecule has 0 aliphatic carbocycles. The molecule has 1 amide bonds. The molecule has 0 saturated carbocycles. The summed E-state index contributed by atoms with van der Waals surface area (Å²) >= 11 is 11.6. The second kappa shape index (κ2) is 6.63. The van der Waals surface area contributed by atoms with E-state index in [1.54, 1.807) is 6.07 Å². The van der Waals surface area contributed by atoms with Gasteiger partial charge >= 0.3 is 5.97 Å². The number of amides is 1. The molecule has 0 spiro atoms. The normalized spacial score (nSPS) is 13.5. The summed E-state index contributed by atoms with van der Waals surface area (Å²) < 4.78 is 5.35. The Morgan fingerprint density at radius 1 is 1.32 bits per heavy atom. The van der Waals surface area contributed by atoms with Gasteiger partial charge in [0.15, 0.2) is 6.10 Å². The smallest absolute Gasteiger partial charge is 0.325 e. The summed E-state index contributed by atoms with van der Waals surface area (Å²) in [5.41, 5.74) is 0. The summed E-state index contributed by atoms with van der Waals surface area (Å²) in [6, 6.07) is 3.62. The molecule has 1 aromatic rings. The number of aliphatic carboxylic acids is 1. The van der Waals surface area contributed by atoms with E-state index in [9.17, 15) is 9.59 Å². The van der Waals surface area contributed by atoms with Gasteiger partial charge in [-0.2, -0.15) is 0 Å². The summed E-state index contributed by atoms with van der Waals surface area (Å²) in [7, 11) is 0. The fraction of sp³-hybridized carbons (Fsp3) is 0.333. The maximum Gasteiger partial charge on any atom is 0.325 e. The molecule has 7 heteroatoms. The van der Waals surface area contributed by atoms with Gasteiger partial charge in [-0.05, 0) is 32.0 Å². The molecular weight excluding hydrogens is 293 g/mol. The Hall–Kier alpha value is -1.46. The van der Waals surface area contributed by atoms with E-state index in [2.05, 4.69) is 5.32 Å². The van der Waals surface area contributed by atoms with Gasteiger partial charge in [-0.25, -0.2) is 0 Å². The summed E-state index contributed by atoms with van der Waals surface area (Å²) in [5, 5.41) is 11.7. The summed E-state index contributed by atoms with van der Waals surface area (Å²) in [6.07, 6.45) is -0.875. The van der Waals surface area contributed by atoms with Crippen LogP contribution in [0.25, 0.3) is 0 Å². The first kappa shape index (κ1) is 15.6. The number of rotatable bonds is 5.